The molecule has 0 bridgehead atoms. The van der Waals surface area contributed by atoms with Crippen LogP contribution in [0.3, 0.4) is 0 Å². The molecule has 3 nitrogen and oxygen atoms in total. The average molecular weight is 317 g/mol. The lowest BCUT2D eigenvalue weighted by atomic mass is 9.88. The summed E-state index contributed by atoms with van der Waals surface area (Å²) in [4.78, 5) is 3.77. The lowest BCUT2D eigenvalue weighted by molar-refractivity contribution is 0.0595. The zero-order valence-electron chi connectivity index (χ0n) is 12.1. The molecule has 0 spiro atoms. The summed E-state index contributed by atoms with van der Waals surface area (Å²) in [5.74, 6) is 0. The van der Waals surface area contributed by atoms with Gasteiger partial charge in [-0.3, -0.25) is 4.90 Å². The van der Waals surface area contributed by atoms with Crippen LogP contribution in [0.25, 0.3) is 0 Å². The van der Waals surface area contributed by atoms with Crippen molar-refractivity contribution in [3.05, 3.63) is 21.3 Å². The quantitative estimate of drug-likeness (QED) is 0.772. The molecular weight excluding hydrogens is 292 g/mol. The number of halogens is 1. The molecule has 20 heavy (non-hydrogen) atoms. The molecule has 1 saturated carbocycles. The van der Waals surface area contributed by atoms with Crippen LogP contribution in [0.1, 0.15) is 49.9 Å². The minimum Gasteiger partial charge on any atom is -0.396 e. The molecule has 1 aromatic heterocycles. The van der Waals surface area contributed by atoms with Gasteiger partial charge in [0.05, 0.1) is 10.4 Å². The molecule has 1 aliphatic rings. The number of aliphatic hydroxyl groups is 1. The standard InChI is InChI=1S/C15H25ClN2OS/c1-2-12(17)15(13-7-8-14(16)20-13)18(9-4-10-19)11-5-3-6-11/h7-8,11-12,15,19H,2-6,9-10,17H2,1H3. The van der Waals surface area contributed by atoms with Gasteiger partial charge in [-0.1, -0.05) is 24.9 Å². The first kappa shape index (κ1) is 16.2. The Hall–Kier alpha value is -0.130. The molecule has 0 radical (unpaired) electrons. The highest BCUT2D eigenvalue weighted by molar-refractivity contribution is 7.16. The number of hydrogen-bond donors (Lipinski definition) is 2. The van der Waals surface area contributed by atoms with Crippen molar-refractivity contribution in [3.63, 3.8) is 0 Å². The predicted octanol–water partition coefficient (Wildman–Crippen LogP) is 3.42. The van der Waals surface area contributed by atoms with Crippen molar-refractivity contribution in [2.24, 2.45) is 5.73 Å². The Morgan fingerprint density at radius 1 is 1.50 bits per heavy atom. The van der Waals surface area contributed by atoms with E-state index in [2.05, 4.69) is 17.9 Å². The van der Waals surface area contributed by atoms with Gasteiger partial charge < -0.3 is 10.8 Å². The predicted molar refractivity (Wildman–Crippen MR) is 86.4 cm³/mol. The van der Waals surface area contributed by atoms with Crippen LogP contribution in [0.4, 0.5) is 0 Å². The van der Waals surface area contributed by atoms with Gasteiger partial charge >= 0.3 is 0 Å². The van der Waals surface area contributed by atoms with E-state index in [1.54, 1.807) is 11.3 Å². The molecular formula is C15H25ClN2OS. The number of nitrogens with two attached hydrogens (primary N) is 1. The maximum Gasteiger partial charge on any atom is 0.0931 e. The van der Waals surface area contributed by atoms with E-state index in [1.807, 2.05) is 6.07 Å². The summed E-state index contributed by atoms with van der Waals surface area (Å²) < 4.78 is 0.823. The van der Waals surface area contributed by atoms with Gasteiger partial charge in [0, 0.05) is 30.1 Å². The van der Waals surface area contributed by atoms with Crippen LogP contribution in [0.15, 0.2) is 12.1 Å². The highest BCUT2D eigenvalue weighted by Gasteiger charge is 2.34. The molecule has 3 N–H and O–H groups in total. The third-order valence-corrected chi connectivity index (χ3v) is 5.54. The number of aliphatic hydroxyl groups excluding tert-OH is 1. The summed E-state index contributed by atoms with van der Waals surface area (Å²) >= 11 is 7.74. The maximum atomic E-state index is 9.16. The molecule has 5 heteroatoms. The SMILES string of the molecule is CCC(N)C(c1ccc(Cl)s1)N(CCCO)C1CCC1. The third-order valence-electron chi connectivity index (χ3n) is 4.24. The Morgan fingerprint density at radius 3 is 2.70 bits per heavy atom. The number of nitrogens with zero attached hydrogens (tertiary/aromatic N) is 1. The molecule has 2 unspecified atom stereocenters. The largest absolute Gasteiger partial charge is 0.396 e. The zero-order chi connectivity index (χ0) is 14.5. The van der Waals surface area contributed by atoms with Gasteiger partial charge in [0.1, 0.15) is 0 Å². The first-order valence-corrected chi connectivity index (χ1v) is 8.74. The Kier molecular flexibility index (Phi) is 6.30. The molecule has 0 amide bonds. The van der Waals surface area contributed by atoms with Gasteiger partial charge in [0.2, 0.25) is 0 Å². The van der Waals surface area contributed by atoms with Gasteiger partial charge in [0.15, 0.2) is 0 Å². The van der Waals surface area contributed by atoms with Crippen LogP contribution in [0.2, 0.25) is 4.34 Å². The second-order valence-electron chi connectivity index (χ2n) is 5.56. The highest BCUT2D eigenvalue weighted by Crippen LogP contribution is 2.38. The summed E-state index contributed by atoms with van der Waals surface area (Å²) in [6.07, 6.45) is 5.56. The molecule has 0 saturated heterocycles. The molecule has 0 aromatic carbocycles. The van der Waals surface area contributed by atoms with Crippen molar-refractivity contribution in [2.45, 2.75) is 57.2 Å². The van der Waals surface area contributed by atoms with E-state index in [9.17, 15) is 0 Å². The fourth-order valence-corrected chi connectivity index (χ4v) is 4.11. The Bertz CT molecular complexity index is 408. The van der Waals surface area contributed by atoms with Crippen LogP contribution < -0.4 is 5.73 Å². The van der Waals surface area contributed by atoms with Crippen LogP contribution in [0, 0.1) is 0 Å². The van der Waals surface area contributed by atoms with E-state index in [-0.39, 0.29) is 18.7 Å². The number of thiophene rings is 1. The van der Waals surface area contributed by atoms with Gasteiger partial charge in [-0.15, -0.1) is 11.3 Å². The lowest BCUT2D eigenvalue weighted by Gasteiger charge is -2.44. The number of rotatable bonds is 8. The normalized spacial score (nSPS) is 19.1. The molecule has 114 valence electrons. The van der Waals surface area contributed by atoms with Crippen molar-refractivity contribution in [1.29, 1.82) is 0 Å². The summed E-state index contributed by atoms with van der Waals surface area (Å²) in [6.45, 7) is 3.29. The lowest BCUT2D eigenvalue weighted by Crippen LogP contribution is -2.49. The minimum atomic E-state index is 0.115. The molecule has 1 aliphatic carbocycles. The highest BCUT2D eigenvalue weighted by atomic mass is 35.5. The van der Waals surface area contributed by atoms with E-state index in [0.717, 1.165) is 23.7 Å². The fourth-order valence-electron chi connectivity index (χ4n) is 2.85. The summed E-state index contributed by atoms with van der Waals surface area (Å²) in [5, 5.41) is 9.16. The van der Waals surface area contributed by atoms with Gasteiger partial charge in [-0.05, 0) is 37.8 Å². The van der Waals surface area contributed by atoms with E-state index in [4.69, 9.17) is 22.4 Å². The maximum absolute atomic E-state index is 9.16. The number of hydrogen-bond acceptors (Lipinski definition) is 4. The molecule has 1 heterocycles. The fraction of sp³-hybridized carbons (Fsp3) is 0.733. The van der Waals surface area contributed by atoms with Gasteiger partial charge in [-0.25, -0.2) is 0 Å². The Labute approximate surface area is 130 Å². The van der Waals surface area contributed by atoms with Crippen molar-refractivity contribution in [2.75, 3.05) is 13.2 Å². The minimum absolute atomic E-state index is 0.115. The molecule has 0 aliphatic heterocycles. The van der Waals surface area contributed by atoms with Crippen LogP contribution >= 0.6 is 22.9 Å². The molecule has 1 fully saturated rings. The van der Waals surface area contributed by atoms with Gasteiger partial charge in [-0.2, -0.15) is 0 Å². The second-order valence-corrected chi connectivity index (χ2v) is 7.31. The van der Waals surface area contributed by atoms with E-state index < -0.39 is 0 Å². The van der Waals surface area contributed by atoms with Crippen molar-refractivity contribution in [3.8, 4) is 0 Å². The first-order chi connectivity index (χ1) is 9.67. The zero-order valence-corrected chi connectivity index (χ0v) is 13.7. The topological polar surface area (TPSA) is 49.5 Å². The Morgan fingerprint density at radius 2 is 2.25 bits per heavy atom. The molecule has 2 rings (SSSR count). The van der Waals surface area contributed by atoms with Crippen molar-refractivity contribution in [1.82, 2.24) is 4.90 Å². The average Bonchev–Trinajstić information content (AvgIpc) is 2.80. The smallest absolute Gasteiger partial charge is 0.0931 e. The van der Waals surface area contributed by atoms with Crippen LogP contribution in [-0.2, 0) is 0 Å². The summed E-state index contributed by atoms with van der Waals surface area (Å²) in [6, 6.07) is 5.03. The van der Waals surface area contributed by atoms with E-state index in [1.165, 1.54) is 24.1 Å². The van der Waals surface area contributed by atoms with Crippen LogP contribution in [0.5, 0.6) is 0 Å². The summed E-state index contributed by atoms with van der Waals surface area (Å²) in [7, 11) is 0. The molecule has 2 atom stereocenters. The second kappa shape index (κ2) is 7.76. The van der Waals surface area contributed by atoms with E-state index in [0.29, 0.717) is 6.04 Å². The van der Waals surface area contributed by atoms with E-state index >= 15 is 0 Å². The van der Waals surface area contributed by atoms with Gasteiger partial charge in [0.25, 0.3) is 0 Å². The Balaban J connectivity index is 2.21. The van der Waals surface area contributed by atoms with Crippen molar-refractivity contribution >= 4 is 22.9 Å². The molecule has 1 aromatic rings. The van der Waals surface area contributed by atoms with Crippen molar-refractivity contribution < 1.29 is 5.11 Å². The monoisotopic (exact) mass is 316 g/mol. The third kappa shape index (κ3) is 3.74. The van der Waals surface area contributed by atoms with Crippen LogP contribution in [-0.4, -0.2) is 35.2 Å². The first-order valence-electron chi connectivity index (χ1n) is 7.54. The summed E-state index contributed by atoms with van der Waals surface area (Å²) in [5.41, 5.74) is 6.41.